The van der Waals surface area contributed by atoms with Gasteiger partial charge in [-0.15, -0.1) is 0 Å². The normalized spacial score (nSPS) is 11.7. The molecule has 1 amide bonds. The molecule has 0 atom stereocenters. The number of anilines is 1. The molecule has 0 spiro atoms. The lowest BCUT2D eigenvalue weighted by atomic mass is 9.96. The van der Waals surface area contributed by atoms with Crippen molar-refractivity contribution in [3.8, 4) is 0 Å². The Hall–Kier alpha value is -0.720. The fraction of sp³-hybridized carbons (Fsp3) is 0.647. The summed E-state index contributed by atoms with van der Waals surface area (Å²) in [5.74, 6) is 2.87. The molecule has 0 aliphatic carbocycles. The first-order valence-corrected chi connectivity index (χ1v) is 10.6. The highest BCUT2D eigenvalue weighted by Gasteiger charge is 2.21. The van der Waals surface area contributed by atoms with Crippen LogP contribution in [0, 0.1) is 5.41 Å². The molecule has 0 aliphatic heterocycles. The Bertz CT molecular complexity index is 481. The van der Waals surface area contributed by atoms with Crippen LogP contribution >= 0.6 is 23.5 Å². The molecule has 1 N–H and O–H groups in total. The summed E-state index contributed by atoms with van der Waals surface area (Å²) in [5, 5.41) is 2.91. The first-order chi connectivity index (χ1) is 10.9. The van der Waals surface area contributed by atoms with E-state index in [2.05, 4.69) is 27.7 Å². The smallest absolute Gasteiger partial charge is 0.230 e. The Labute approximate surface area is 149 Å². The molecule has 1 aromatic heterocycles. The third kappa shape index (κ3) is 8.08. The minimum absolute atomic E-state index is 0.0104. The largest absolute Gasteiger partial charge is 0.310 e. The van der Waals surface area contributed by atoms with Crippen molar-refractivity contribution in [3.63, 3.8) is 0 Å². The van der Waals surface area contributed by atoms with Gasteiger partial charge in [-0.25, -0.2) is 4.98 Å². The lowest BCUT2D eigenvalue weighted by Crippen LogP contribution is -2.29. The van der Waals surface area contributed by atoms with Gasteiger partial charge in [0.2, 0.25) is 5.91 Å². The number of nitrogens with one attached hydrogen (secondary N) is 1. The van der Waals surface area contributed by atoms with Crippen molar-refractivity contribution in [2.24, 2.45) is 5.41 Å². The zero-order valence-corrected chi connectivity index (χ0v) is 16.5. The van der Waals surface area contributed by atoms with Crippen LogP contribution in [0.15, 0.2) is 18.2 Å². The predicted octanol–water partition coefficient (Wildman–Crippen LogP) is 3.59. The summed E-state index contributed by atoms with van der Waals surface area (Å²) in [6.07, 6.45) is 4.27. The first kappa shape index (κ1) is 20.3. The van der Waals surface area contributed by atoms with Gasteiger partial charge in [-0.2, -0.15) is 23.5 Å². The number of hydrogen-bond acceptors (Lipinski definition) is 5. The van der Waals surface area contributed by atoms with Crippen molar-refractivity contribution in [3.05, 3.63) is 23.9 Å². The number of hydrogen-bond donors (Lipinski definition) is 1. The van der Waals surface area contributed by atoms with Crippen molar-refractivity contribution in [2.45, 2.75) is 27.3 Å². The van der Waals surface area contributed by atoms with Crippen LogP contribution in [0.4, 0.5) is 5.82 Å². The summed E-state index contributed by atoms with van der Waals surface area (Å²) in [6.45, 7) is 8.64. The second-order valence-corrected chi connectivity index (χ2v) is 8.45. The topological polar surface area (TPSA) is 45.2 Å². The fourth-order valence-corrected chi connectivity index (χ4v) is 2.76. The van der Waals surface area contributed by atoms with Crippen molar-refractivity contribution in [2.75, 3.05) is 42.4 Å². The maximum Gasteiger partial charge on any atom is 0.230 e. The number of carbonyl (C=O) groups is 1. The molecule has 1 rings (SSSR count). The van der Waals surface area contributed by atoms with Gasteiger partial charge in [0.05, 0.1) is 5.69 Å². The van der Waals surface area contributed by atoms with Gasteiger partial charge >= 0.3 is 0 Å². The molecule has 4 nitrogen and oxygen atoms in total. The Morgan fingerprint density at radius 1 is 1.17 bits per heavy atom. The molecule has 6 heteroatoms. The Kier molecular flexibility index (Phi) is 9.02. The molecular weight excluding hydrogens is 326 g/mol. The number of thioether (sulfide) groups is 2. The highest BCUT2D eigenvalue weighted by Crippen LogP contribution is 2.16. The van der Waals surface area contributed by atoms with E-state index in [0.717, 1.165) is 36.8 Å². The van der Waals surface area contributed by atoms with Crippen LogP contribution in [-0.2, 0) is 11.3 Å². The summed E-state index contributed by atoms with van der Waals surface area (Å²) in [7, 11) is 0. The molecule has 0 fully saturated rings. The van der Waals surface area contributed by atoms with Crippen molar-refractivity contribution < 1.29 is 4.79 Å². The third-order valence-corrected chi connectivity index (χ3v) is 4.52. The predicted molar refractivity (Wildman–Crippen MR) is 104 cm³/mol. The van der Waals surface area contributed by atoms with Gasteiger partial charge in [-0.3, -0.25) is 9.69 Å². The minimum Gasteiger partial charge on any atom is -0.310 e. The summed E-state index contributed by atoms with van der Waals surface area (Å²) in [5.41, 5.74) is 0.583. The van der Waals surface area contributed by atoms with E-state index in [1.54, 1.807) is 0 Å². The molecule has 0 radical (unpaired) electrons. The van der Waals surface area contributed by atoms with E-state index in [9.17, 15) is 4.79 Å². The molecule has 0 aliphatic rings. The lowest BCUT2D eigenvalue weighted by molar-refractivity contribution is -0.123. The van der Waals surface area contributed by atoms with E-state index < -0.39 is 5.41 Å². The zero-order valence-electron chi connectivity index (χ0n) is 14.9. The highest BCUT2D eigenvalue weighted by molar-refractivity contribution is 7.98. The second kappa shape index (κ2) is 10.2. The number of aromatic nitrogens is 1. The van der Waals surface area contributed by atoms with Gasteiger partial charge < -0.3 is 5.32 Å². The molecule has 0 unspecified atom stereocenters. The number of pyridine rings is 1. The average molecular weight is 356 g/mol. The van der Waals surface area contributed by atoms with Crippen LogP contribution < -0.4 is 5.32 Å². The minimum atomic E-state index is -0.416. The second-order valence-electron chi connectivity index (χ2n) is 6.48. The number of amides is 1. The van der Waals surface area contributed by atoms with Crippen LogP contribution in [0.5, 0.6) is 0 Å². The maximum atomic E-state index is 12.1. The first-order valence-electron chi connectivity index (χ1n) is 7.84. The van der Waals surface area contributed by atoms with Gasteiger partial charge in [-0.1, -0.05) is 26.8 Å². The van der Waals surface area contributed by atoms with Gasteiger partial charge in [0.1, 0.15) is 5.82 Å². The van der Waals surface area contributed by atoms with Gasteiger partial charge in [0, 0.05) is 36.6 Å². The van der Waals surface area contributed by atoms with Crippen molar-refractivity contribution in [1.82, 2.24) is 9.88 Å². The summed E-state index contributed by atoms with van der Waals surface area (Å²) < 4.78 is 0. The molecule has 1 aromatic rings. The number of nitrogens with zero attached hydrogens (tertiary/aromatic N) is 2. The van der Waals surface area contributed by atoms with Crippen molar-refractivity contribution >= 4 is 35.2 Å². The molecule has 23 heavy (non-hydrogen) atoms. The molecule has 1 heterocycles. The molecule has 130 valence electrons. The Morgan fingerprint density at radius 3 is 2.30 bits per heavy atom. The van der Waals surface area contributed by atoms with E-state index in [-0.39, 0.29) is 5.91 Å². The lowest BCUT2D eigenvalue weighted by Gasteiger charge is -2.22. The molecule has 0 bridgehead atoms. The highest BCUT2D eigenvalue weighted by atomic mass is 32.2. The molecular formula is C17H29N3OS2. The van der Waals surface area contributed by atoms with Crippen molar-refractivity contribution in [1.29, 1.82) is 0 Å². The summed E-state index contributed by atoms with van der Waals surface area (Å²) in [4.78, 5) is 19.1. The maximum absolute atomic E-state index is 12.1. The van der Waals surface area contributed by atoms with Gasteiger partial charge in [0.25, 0.3) is 0 Å². The fourth-order valence-electron chi connectivity index (χ4n) is 1.88. The SMILES string of the molecule is CSCCN(CCSC)Cc1cccc(NC(=O)C(C)(C)C)n1. The quantitative estimate of drug-likeness (QED) is 0.733. The monoisotopic (exact) mass is 355 g/mol. The molecule has 0 saturated carbocycles. The van der Waals surface area contributed by atoms with Crippen LogP contribution in [0.2, 0.25) is 0 Å². The van der Waals surface area contributed by atoms with Gasteiger partial charge in [-0.05, 0) is 24.6 Å². The van der Waals surface area contributed by atoms with Crippen LogP contribution in [0.25, 0.3) is 0 Å². The van der Waals surface area contributed by atoms with E-state index in [0.29, 0.717) is 5.82 Å². The number of carbonyl (C=O) groups excluding carboxylic acids is 1. The zero-order chi connectivity index (χ0) is 17.3. The van der Waals surface area contributed by atoms with Gasteiger partial charge in [0.15, 0.2) is 0 Å². The standard InChI is InChI=1S/C17H29N3OS2/c1-17(2,3)16(21)19-15-8-6-7-14(18-15)13-20(9-11-22-4)10-12-23-5/h6-8H,9-13H2,1-5H3,(H,18,19,21). The third-order valence-electron chi connectivity index (χ3n) is 3.34. The number of rotatable bonds is 9. The van der Waals surface area contributed by atoms with E-state index >= 15 is 0 Å². The molecule has 0 aromatic carbocycles. The summed E-state index contributed by atoms with van der Waals surface area (Å²) >= 11 is 3.72. The summed E-state index contributed by atoms with van der Waals surface area (Å²) in [6, 6.07) is 5.83. The van der Waals surface area contributed by atoms with Crippen LogP contribution in [0.3, 0.4) is 0 Å². The average Bonchev–Trinajstić information content (AvgIpc) is 2.49. The molecule has 0 saturated heterocycles. The van der Waals surface area contributed by atoms with Crippen LogP contribution in [0.1, 0.15) is 26.5 Å². The van der Waals surface area contributed by atoms with Crippen LogP contribution in [-0.4, -0.2) is 52.9 Å². The van der Waals surface area contributed by atoms with E-state index in [1.165, 1.54) is 0 Å². The van der Waals surface area contributed by atoms with E-state index in [4.69, 9.17) is 0 Å². The Morgan fingerprint density at radius 2 is 1.78 bits per heavy atom. The van der Waals surface area contributed by atoms with E-state index in [1.807, 2.05) is 62.5 Å². The Balaban J connectivity index is 2.71.